The van der Waals surface area contributed by atoms with Crippen LogP contribution < -0.4 is 9.47 Å². The highest BCUT2D eigenvalue weighted by Crippen LogP contribution is 2.41. The Morgan fingerprint density at radius 2 is 1.07 bits per heavy atom. The van der Waals surface area contributed by atoms with Gasteiger partial charge in [0.25, 0.3) is 0 Å². The number of alkyl halides is 15. The van der Waals surface area contributed by atoms with Crippen LogP contribution in [0, 0.1) is 0 Å². The monoisotopic (exact) mass is 622 g/mol. The number of esters is 3. The van der Waals surface area contributed by atoms with Crippen LogP contribution in [-0.2, 0) is 23.9 Å². The van der Waals surface area contributed by atoms with Crippen molar-refractivity contribution in [3.63, 3.8) is 0 Å². The third-order valence-electron chi connectivity index (χ3n) is 4.21. The highest BCUT2D eigenvalue weighted by Gasteiger charge is 2.67. The lowest BCUT2D eigenvalue weighted by atomic mass is 10.1. The van der Waals surface area contributed by atoms with Gasteiger partial charge in [-0.05, 0) is 17.7 Å². The van der Waals surface area contributed by atoms with Crippen molar-refractivity contribution in [1.82, 2.24) is 0 Å². The van der Waals surface area contributed by atoms with Crippen molar-refractivity contribution >= 4 is 17.9 Å². The summed E-state index contributed by atoms with van der Waals surface area (Å²) in [6.45, 7) is -2.21. The summed E-state index contributed by atoms with van der Waals surface area (Å²) < 4.78 is 206. The van der Waals surface area contributed by atoms with Crippen molar-refractivity contribution < 1.29 is 99.2 Å². The van der Waals surface area contributed by atoms with Gasteiger partial charge in [0, 0.05) is 0 Å². The number of halogens is 15. The molecule has 0 aliphatic heterocycles. The van der Waals surface area contributed by atoms with E-state index in [1.54, 1.807) is 0 Å². The molecular weight excluding hydrogens is 613 g/mol. The Kier molecular flexibility index (Phi) is 9.55. The number of rotatable bonds is 9. The number of ether oxygens (including phenoxy) is 4. The molecule has 0 heterocycles. The normalized spacial score (nSPS) is 14.3. The summed E-state index contributed by atoms with van der Waals surface area (Å²) in [6, 6.07) is 0.735. The SMILES string of the molecule is COc1ccc(C(COC(=O)C(F)(F)C(F)(F)F)OC(=O)C(F)(F)C(F)(F)F)cc1OC(=O)C(F)(F)C(F)(F)F. The van der Waals surface area contributed by atoms with E-state index in [1.165, 1.54) is 0 Å². The van der Waals surface area contributed by atoms with Crippen LogP contribution in [0.4, 0.5) is 65.9 Å². The van der Waals surface area contributed by atoms with E-state index >= 15 is 0 Å². The Hall–Kier alpha value is -3.62. The zero-order valence-electron chi connectivity index (χ0n) is 18.5. The molecule has 0 aromatic heterocycles. The summed E-state index contributed by atoms with van der Waals surface area (Å²) in [4.78, 5) is 33.9. The molecule has 0 fully saturated rings. The number of benzene rings is 1. The van der Waals surface area contributed by atoms with E-state index in [0.717, 1.165) is 0 Å². The minimum absolute atomic E-state index is 0.0252. The molecule has 0 saturated carbocycles. The Morgan fingerprint density at radius 1 is 0.650 bits per heavy atom. The van der Waals surface area contributed by atoms with Gasteiger partial charge < -0.3 is 18.9 Å². The fraction of sp³-hybridized carbons (Fsp3) is 0.500. The second-order valence-electron chi connectivity index (χ2n) is 7.01. The molecule has 0 aliphatic carbocycles. The van der Waals surface area contributed by atoms with E-state index in [4.69, 9.17) is 0 Å². The molecule has 40 heavy (non-hydrogen) atoms. The molecule has 1 aromatic rings. The smallest absolute Gasteiger partial charge is 0.465 e. The fourth-order valence-corrected chi connectivity index (χ4v) is 2.13. The molecule has 1 aromatic carbocycles. The first-order valence-electron chi connectivity index (χ1n) is 9.34. The molecule has 0 N–H and O–H groups in total. The van der Waals surface area contributed by atoms with Crippen LogP contribution in [0.15, 0.2) is 18.2 Å². The Morgan fingerprint density at radius 3 is 1.50 bits per heavy atom. The van der Waals surface area contributed by atoms with E-state index in [-0.39, 0.29) is 6.07 Å². The number of carbonyl (C=O) groups excluding carboxylic acids is 3. The van der Waals surface area contributed by atoms with Crippen molar-refractivity contribution in [2.75, 3.05) is 13.7 Å². The van der Waals surface area contributed by atoms with Gasteiger partial charge in [-0.1, -0.05) is 6.07 Å². The van der Waals surface area contributed by atoms with Gasteiger partial charge >= 0.3 is 54.2 Å². The van der Waals surface area contributed by atoms with Crippen molar-refractivity contribution in [2.45, 2.75) is 42.4 Å². The van der Waals surface area contributed by atoms with Crippen LogP contribution in [0.1, 0.15) is 11.7 Å². The summed E-state index contributed by atoms with van der Waals surface area (Å²) in [5.74, 6) is -31.8. The molecule has 0 saturated heterocycles. The predicted molar refractivity (Wildman–Crippen MR) is 91.4 cm³/mol. The van der Waals surface area contributed by atoms with Gasteiger partial charge in [0.2, 0.25) is 0 Å². The predicted octanol–water partition coefficient (Wildman–Crippen LogP) is 5.32. The molecule has 0 amide bonds. The van der Waals surface area contributed by atoms with Crippen molar-refractivity contribution in [3.05, 3.63) is 23.8 Å². The quantitative estimate of drug-likeness (QED) is 0.209. The van der Waals surface area contributed by atoms with Gasteiger partial charge in [-0.3, -0.25) is 0 Å². The third kappa shape index (κ3) is 7.11. The summed E-state index contributed by atoms with van der Waals surface area (Å²) in [7, 11) is 0.663. The van der Waals surface area contributed by atoms with Gasteiger partial charge in [0.15, 0.2) is 17.6 Å². The van der Waals surface area contributed by atoms with Crippen LogP contribution in [-0.4, -0.2) is 67.9 Å². The Labute approximate surface area is 209 Å². The lowest BCUT2D eigenvalue weighted by Gasteiger charge is -2.25. The molecule has 228 valence electrons. The second kappa shape index (κ2) is 11.1. The molecule has 1 atom stereocenters. The number of hydrogen-bond donors (Lipinski definition) is 0. The average molecular weight is 622 g/mol. The van der Waals surface area contributed by atoms with Crippen molar-refractivity contribution in [2.24, 2.45) is 0 Å². The minimum atomic E-state index is -6.68. The lowest BCUT2D eigenvalue weighted by Crippen LogP contribution is -2.47. The van der Waals surface area contributed by atoms with Crippen LogP contribution in [0.3, 0.4) is 0 Å². The maximum absolute atomic E-state index is 13.3. The molecule has 0 aliphatic rings. The molecule has 0 bridgehead atoms. The Bertz CT molecular complexity index is 1110. The van der Waals surface area contributed by atoms with Crippen LogP contribution in [0.5, 0.6) is 11.5 Å². The molecular formula is C18H9F15O7. The highest BCUT2D eigenvalue weighted by atomic mass is 19.4. The first kappa shape index (κ1) is 34.4. The van der Waals surface area contributed by atoms with Crippen LogP contribution in [0.25, 0.3) is 0 Å². The topological polar surface area (TPSA) is 88.1 Å². The summed E-state index contributed by atoms with van der Waals surface area (Å²) in [5.41, 5.74) is -1.24. The molecule has 1 unspecified atom stereocenters. The standard InChI is InChI=1S/C18H9F15O7/c1-37-7-3-2-6(4-8(7)39-11(35)14(21,22)17(28,29)30)9(40-12(36)15(23,24)18(31,32)33)5-38-10(34)13(19,20)16(25,26)27/h2-4,9H,5H2,1H3. The van der Waals surface area contributed by atoms with E-state index in [2.05, 4.69) is 18.9 Å². The van der Waals surface area contributed by atoms with Gasteiger partial charge in [-0.2, -0.15) is 65.9 Å². The van der Waals surface area contributed by atoms with Crippen molar-refractivity contribution in [1.29, 1.82) is 0 Å². The number of hydrogen-bond acceptors (Lipinski definition) is 7. The summed E-state index contributed by atoms with van der Waals surface area (Å²) in [5, 5.41) is 0. The van der Waals surface area contributed by atoms with Crippen LogP contribution in [0.2, 0.25) is 0 Å². The maximum Gasteiger partial charge on any atom is 0.465 e. The number of carbonyl (C=O) groups is 3. The first-order valence-corrected chi connectivity index (χ1v) is 9.34. The maximum atomic E-state index is 13.3. The van der Waals surface area contributed by atoms with Crippen molar-refractivity contribution in [3.8, 4) is 11.5 Å². The molecule has 22 heteroatoms. The molecule has 7 nitrogen and oxygen atoms in total. The largest absolute Gasteiger partial charge is 0.493 e. The van der Waals surface area contributed by atoms with Gasteiger partial charge in [0.1, 0.15) is 6.61 Å². The van der Waals surface area contributed by atoms with E-state index in [9.17, 15) is 80.2 Å². The molecule has 0 radical (unpaired) electrons. The zero-order chi connectivity index (χ0) is 31.7. The highest BCUT2D eigenvalue weighted by molar-refractivity contribution is 5.82. The fourth-order valence-electron chi connectivity index (χ4n) is 2.13. The average Bonchev–Trinajstić information content (AvgIpc) is 2.78. The second-order valence-corrected chi connectivity index (χ2v) is 7.01. The third-order valence-corrected chi connectivity index (χ3v) is 4.21. The van der Waals surface area contributed by atoms with Gasteiger partial charge in [-0.25, -0.2) is 14.4 Å². The molecule has 1 rings (SSSR count). The van der Waals surface area contributed by atoms with Gasteiger partial charge in [-0.15, -0.1) is 0 Å². The van der Waals surface area contributed by atoms with E-state index < -0.39 is 84.0 Å². The number of methoxy groups -OCH3 is 1. The summed E-state index contributed by atoms with van der Waals surface area (Å²) >= 11 is 0. The summed E-state index contributed by atoms with van der Waals surface area (Å²) in [6.07, 6.45) is -22.9. The van der Waals surface area contributed by atoms with Gasteiger partial charge in [0.05, 0.1) is 7.11 Å². The first-order chi connectivity index (χ1) is 17.7. The molecule has 0 spiro atoms. The van der Waals surface area contributed by atoms with E-state index in [1.807, 2.05) is 0 Å². The van der Waals surface area contributed by atoms with E-state index in [0.29, 0.717) is 19.2 Å². The lowest BCUT2D eigenvalue weighted by molar-refractivity contribution is -0.286. The van der Waals surface area contributed by atoms with Crippen LogP contribution >= 0.6 is 0 Å². The zero-order valence-corrected chi connectivity index (χ0v) is 18.5. The Balaban J connectivity index is 3.54. The minimum Gasteiger partial charge on any atom is -0.493 e.